The number of rotatable bonds is 3. The van der Waals surface area contributed by atoms with Crippen LogP contribution in [0.15, 0.2) is 33.7 Å². The predicted molar refractivity (Wildman–Crippen MR) is 68.2 cm³/mol. The summed E-state index contributed by atoms with van der Waals surface area (Å²) < 4.78 is 15.4. The molecular formula is C11H9BrFN3O2. The molecule has 1 aromatic heterocycles. The highest BCUT2D eigenvalue weighted by Crippen LogP contribution is 2.24. The molecule has 0 bridgehead atoms. The number of aromatic nitrogens is 2. The number of nitrogens with zero attached hydrogens (tertiary/aromatic N) is 2. The Morgan fingerprint density at radius 2 is 2.17 bits per heavy atom. The van der Waals surface area contributed by atoms with Crippen LogP contribution in [0.25, 0.3) is 0 Å². The molecule has 2 rings (SSSR count). The Morgan fingerprint density at radius 1 is 1.44 bits per heavy atom. The van der Waals surface area contributed by atoms with E-state index in [0.717, 1.165) is 4.79 Å². The minimum absolute atomic E-state index is 0.0374. The first-order chi connectivity index (χ1) is 8.52. The first-order valence-electron chi connectivity index (χ1n) is 4.99. The molecule has 18 heavy (non-hydrogen) atoms. The molecular weight excluding hydrogens is 305 g/mol. The van der Waals surface area contributed by atoms with Crippen molar-refractivity contribution in [3.8, 4) is 0 Å². The summed E-state index contributed by atoms with van der Waals surface area (Å²) in [6.45, 7) is 0. The standard InChI is InChI=1S/C11H9BrFN3O2/c1-15-3-2-10(18)16(15)14-9-5-7(6-17)4-8(12)11(9)13/h2-6,14H,1H3. The molecule has 1 aromatic carbocycles. The van der Waals surface area contributed by atoms with Crippen LogP contribution < -0.4 is 11.0 Å². The molecule has 0 aliphatic heterocycles. The third-order valence-electron chi connectivity index (χ3n) is 2.37. The van der Waals surface area contributed by atoms with Crippen LogP contribution in [-0.4, -0.2) is 15.8 Å². The van der Waals surface area contributed by atoms with Gasteiger partial charge in [0.2, 0.25) is 0 Å². The molecule has 1 N–H and O–H groups in total. The van der Waals surface area contributed by atoms with Crippen molar-refractivity contribution < 1.29 is 9.18 Å². The third kappa shape index (κ3) is 2.21. The fourth-order valence-corrected chi connectivity index (χ4v) is 1.95. The number of hydrogen-bond donors (Lipinski definition) is 1. The highest BCUT2D eigenvalue weighted by molar-refractivity contribution is 9.10. The summed E-state index contributed by atoms with van der Waals surface area (Å²) in [5, 5.41) is 0. The quantitative estimate of drug-likeness (QED) is 0.879. The van der Waals surface area contributed by atoms with Crippen molar-refractivity contribution in [2.75, 3.05) is 5.43 Å². The average Bonchev–Trinajstić information content (AvgIpc) is 2.66. The van der Waals surface area contributed by atoms with Gasteiger partial charge in [-0.15, -0.1) is 0 Å². The maximum absolute atomic E-state index is 13.8. The van der Waals surface area contributed by atoms with E-state index in [1.165, 1.54) is 29.1 Å². The Morgan fingerprint density at radius 3 is 2.72 bits per heavy atom. The third-order valence-corrected chi connectivity index (χ3v) is 2.95. The number of carbonyl (C=O) groups excluding carboxylic acids is 1. The number of hydrogen-bond acceptors (Lipinski definition) is 3. The van der Waals surface area contributed by atoms with E-state index in [9.17, 15) is 14.0 Å². The van der Waals surface area contributed by atoms with E-state index in [1.54, 1.807) is 7.05 Å². The van der Waals surface area contributed by atoms with Gasteiger partial charge in [-0.2, -0.15) is 4.79 Å². The zero-order valence-electron chi connectivity index (χ0n) is 9.35. The van der Waals surface area contributed by atoms with Gasteiger partial charge in [0.25, 0.3) is 5.56 Å². The van der Waals surface area contributed by atoms with Gasteiger partial charge in [-0.25, -0.2) is 4.39 Å². The van der Waals surface area contributed by atoms with Gasteiger partial charge in [0.15, 0.2) is 5.82 Å². The molecule has 0 aliphatic rings. The van der Waals surface area contributed by atoms with Crippen LogP contribution in [0.1, 0.15) is 10.4 Å². The highest BCUT2D eigenvalue weighted by Gasteiger charge is 2.10. The number of anilines is 1. The summed E-state index contributed by atoms with van der Waals surface area (Å²) in [7, 11) is 1.63. The Labute approximate surface area is 110 Å². The molecule has 0 atom stereocenters. The number of carbonyl (C=O) groups is 1. The molecule has 94 valence electrons. The largest absolute Gasteiger partial charge is 0.298 e. The molecule has 0 amide bonds. The summed E-state index contributed by atoms with van der Waals surface area (Å²) in [6, 6.07) is 4.03. The summed E-state index contributed by atoms with van der Waals surface area (Å²) in [6.07, 6.45) is 2.13. The SMILES string of the molecule is Cn1ccc(=O)n1Nc1cc(C=O)cc(Br)c1F. The van der Waals surface area contributed by atoms with E-state index < -0.39 is 5.82 Å². The molecule has 0 unspecified atom stereocenters. The maximum Gasteiger partial charge on any atom is 0.286 e. The molecule has 5 nitrogen and oxygen atoms in total. The van der Waals surface area contributed by atoms with Crippen molar-refractivity contribution in [3.63, 3.8) is 0 Å². The van der Waals surface area contributed by atoms with Gasteiger partial charge in [0.05, 0.1) is 10.2 Å². The first-order valence-corrected chi connectivity index (χ1v) is 5.78. The van der Waals surface area contributed by atoms with Crippen LogP contribution in [0.5, 0.6) is 0 Å². The van der Waals surface area contributed by atoms with Gasteiger partial charge in [-0.1, -0.05) is 0 Å². The van der Waals surface area contributed by atoms with Gasteiger partial charge in [0.1, 0.15) is 6.29 Å². The van der Waals surface area contributed by atoms with Crippen LogP contribution in [0.2, 0.25) is 0 Å². The van der Waals surface area contributed by atoms with Crippen LogP contribution >= 0.6 is 15.9 Å². The van der Waals surface area contributed by atoms with Crippen molar-refractivity contribution in [3.05, 3.63) is 50.6 Å². The Hall–Kier alpha value is -1.89. The zero-order valence-corrected chi connectivity index (χ0v) is 10.9. The van der Waals surface area contributed by atoms with Crippen molar-refractivity contribution in [1.29, 1.82) is 0 Å². The molecule has 0 fully saturated rings. The maximum atomic E-state index is 13.8. The van der Waals surface area contributed by atoms with Crippen molar-refractivity contribution in [1.82, 2.24) is 9.47 Å². The van der Waals surface area contributed by atoms with Gasteiger partial charge in [0, 0.05) is 24.9 Å². The van der Waals surface area contributed by atoms with Gasteiger partial charge < -0.3 is 0 Å². The fraction of sp³-hybridized carbons (Fsp3) is 0.0909. The van der Waals surface area contributed by atoms with Gasteiger partial charge in [-0.05, 0) is 28.1 Å². The second kappa shape index (κ2) is 4.77. The Balaban J connectivity index is 2.49. The van der Waals surface area contributed by atoms with Crippen LogP contribution in [0, 0.1) is 5.82 Å². The number of benzene rings is 1. The van der Waals surface area contributed by atoms with Crippen LogP contribution in [0.3, 0.4) is 0 Å². The monoisotopic (exact) mass is 313 g/mol. The second-order valence-corrected chi connectivity index (χ2v) is 4.49. The number of halogens is 2. The Kier molecular flexibility index (Phi) is 3.33. The summed E-state index contributed by atoms with van der Waals surface area (Å²) in [5.41, 5.74) is 2.61. The summed E-state index contributed by atoms with van der Waals surface area (Å²) in [4.78, 5) is 23.3. The van der Waals surface area contributed by atoms with E-state index in [0.29, 0.717) is 11.8 Å². The minimum Gasteiger partial charge on any atom is -0.298 e. The normalized spacial score (nSPS) is 10.4. The Bertz CT molecular complexity index is 663. The molecule has 0 aliphatic carbocycles. The molecule has 7 heteroatoms. The zero-order chi connectivity index (χ0) is 13.3. The lowest BCUT2D eigenvalue weighted by molar-refractivity contribution is 0.112. The lowest BCUT2D eigenvalue weighted by Crippen LogP contribution is -2.28. The van der Waals surface area contributed by atoms with E-state index in [2.05, 4.69) is 21.4 Å². The summed E-state index contributed by atoms with van der Waals surface area (Å²) in [5.74, 6) is -0.575. The topological polar surface area (TPSA) is 56.0 Å². The lowest BCUT2D eigenvalue weighted by atomic mass is 10.2. The fourth-order valence-electron chi connectivity index (χ4n) is 1.47. The minimum atomic E-state index is -0.575. The summed E-state index contributed by atoms with van der Waals surface area (Å²) >= 11 is 3.01. The van der Waals surface area contributed by atoms with Crippen molar-refractivity contribution in [2.24, 2.45) is 7.05 Å². The average molecular weight is 314 g/mol. The van der Waals surface area contributed by atoms with E-state index in [4.69, 9.17) is 0 Å². The molecule has 0 saturated heterocycles. The number of nitrogens with one attached hydrogen (secondary N) is 1. The van der Waals surface area contributed by atoms with E-state index in [1.807, 2.05) is 0 Å². The molecule has 2 aromatic rings. The smallest absolute Gasteiger partial charge is 0.286 e. The molecule has 0 saturated carbocycles. The van der Waals surface area contributed by atoms with Gasteiger partial charge in [-0.3, -0.25) is 19.7 Å². The first kappa shape index (κ1) is 12.6. The lowest BCUT2D eigenvalue weighted by Gasteiger charge is -2.12. The second-order valence-electron chi connectivity index (χ2n) is 3.63. The highest BCUT2D eigenvalue weighted by atomic mass is 79.9. The van der Waals surface area contributed by atoms with Crippen molar-refractivity contribution in [2.45, 2.75) is 0 Å². The van der Waals surface area contributed by atoms with E-state index >= 15 is 0 Å². The number of aryl methyl sites for hydroxylation is 1. The predicted octanol–water partition coefficient (Wildman–Crippen LogP) is 1.78. The van der Waals surface area contributed by atoms with Crippen LogP contribution in [0.4, 0.5) is 10.1 Å². The number of aldehydes is 1. The van der Waals surface area contributed by atoms with Crippen LogP contribution in [-0.2, 0) is 7.05 Å². The molecule has 0 spiro atoms. The molecule has 1 heterocycles. The molecule has 0 radical (unpaired) electrons. The van der Waals surface area contributed by atoms with Crippen molar-refractivity contribution >= 4 is 27.9 Å². The van der Waals surface area contributed by atoms with E-state index in [-0.39, 0.29) is 15.7 Å². The van der Waals surface area contributed by atoms with Gasteiger partial charge >= 0.3 is 0 Å².